The van der Waals surface area contributed by atoms with Gasteiger partial charge in [-0.3, -0.25) is 0 Å². The van der Waals surface area contributed by atoms with Crippen LogP contribution in [0.5, 0.6) is 5.88 Å². The SMILES string of the molecule is CC1CCC(C(C)C)C(Oc2nc(C(=O)O)ccc2N)C1. The first-order chi connectivity index (χ1) is 9.88. The number of nitrogens with two attached hydrogens (primary N) is 1. The van der Waals surface area contributed by atoms with Crippen LogP contribution in [0.25, 0.3) is 0 Å². The lowest BCUT2D eigenvalue weighted by atomic mass is 9.75. The van der Waals surface area contributed by atoms with Crippen molar-refractivity contribution in [3.63, 3.8) is 0 Å². The number of nitrogen functional groups attached to an aromatic ring is 1. The number of hydrogen-bond donors (Lipinski definition) is 2. The highest BCUT2D eigenvalue weighted by molar-refractivity contribution is 5.86. The molecule has 0 bridgehead atoms. The number of rotatable bonds is 4. The van der Waals surface area contributed by atoms with Crippen LogP contribution in [0.3, 0.4) is 0 Å². The molecule has 0 spiro atoms. The van der Waals surface area contributed by atoms with Gasteiger partial charge in [0, 0.05) is 0 Å². The summed E-state index contributed by atoms with van der Waals surface area (Å²) in [5.41, 5.74) is 6.23. The van der Waals surface area contributed by atoms with Gasteiger partial charge in [-0.2, -0.15) is 0 Å². The van der Waals surface area contributed by atoms with Gasteiger partial charge in [-0.1, -0.05) is 27.2 Å². The fourth-order valence-corrected chi connectivity index (χ4v) is 3.06. The number of hydrogen-bond acceptors (Lipinski definition) is 4. The van der Waals surface area contributed by atoms with Crippen LogP contribution in [0.15, 0.2) is 12.1 Å². The second-order valence-corrected chi connectivity index (χ2v) is 6.38. The second-order valence-electron chi connectivity index (χ2n) is 6.38. The maximum Gasteiger partial charge on any atom is 0.354 e. The highest BCUT2D eigenvalue weighted by Gasteiger charge is 2.33. The highest BCUT2D eigenvalue weighted by atomic mass is 16.5. The van der Waals surface area contributed by atoms with Crippen molar-refractivity contribution in [2.45, 2.75) is 46.1 Å². The van der Waals surface area contributed by atoms with Crippen molar-refractivity contribution >= 4 is 11.7 Å². The zero-order valence-corrected chi connectivity index (χ0v) is 12.9. The smallest absolute Gasteiger partial charge is 0.354 e. The Labute approximate surface area is 125 Å². The highest BCUT2D eigenvalue weighted by Crippen LogP contribution is 2.36. The summed E-state index contributed by atoms with van der Waals surface area (Å²) in [7, 11) is 0. The Balaban J connectivity index is 2.22. The summed E-state index contributed by atoms with van der Waals surface area (Å²) in [6.45, 7) is 6.61. The molecule has 1 heterocycles. The van der Waals surface area contributed by atoms with Crippen molar-refractivity contribution in [2.75, 3.05) is 5.73 Å². The quantitative estimate of drug-likeness (QED) is 0.890. The minimum absolute atomic E-state index is 0.0378. The zero-order chi connectivity index (χ0) is 15.6. The molecule has 5 heteroatoms. The summed E-state index contributed by atoms with van der Waals surface area (Å²) in [4.78, 5) is 15.1. The Bertz CT molecular complexity index is 516. The van der Waals surface area contributed by atoms with E-state index in [0.29, 0.717) is 23.4 Å². The predicted octanol–water partition coefficient (Wildman–Crippen LogP) is 3.20. The van der Waals surface area contributed by atoms with Crippen LogP contribution < -0.4 is 10.5 Å². The van der Waals surface area contributed by atoms with Gasteiger partial charge in [0.15, 0.2) is 5.69 Å². The van der Waals surface area contributed by atoms with E-state index in [1.54, 1.807) is 6.07 Å². The summed E-state index contributed by atoms with van der Waals surface area (Å²) >= 11 is 0. The molecular weight excluding hydrogens is 268 g/mol. The topological polar surface area (TPSA) is 85.4 Å². The predicted molar refractivity (Wildman–Crippen MR) is 81.4 cm³/mol. The van der Waals surface area contributed by atoms with Gasteiger partial charge in [-0.25, -0.2) is 9.78 Å². The Morgan fingerprint density at radius 2 is 2.14 bits per heavy atom. The number of aromatic carboxylic acids is 1. The minimum Gasteiger partial charge on any atom is -0.477 e. The number of nitrogens with zero attached hydrogens (tertiary/aromatic N) is 1. The lowest BCUT2D eigenvalue weighted by molar-refractivity contribution is 0.0426. The third-order valence-corrected chi connectivity index (χ3v) is 4.33. The van der Waals surface area contributed by atoms with Crippen molar-refractivity contribution in [2.24, 2.45) is 17.8 Å². The Kier molecular flexibility index (Phi) is 4.70. The fourth-order valence-electron chi connectivity index (χ4n) is 3.06. The van der Waals surface area contributed by atoms with Crippen LogP contribution in [0.2, 0.25) is 0 Å². The average Bonchev–Trinajstić information content (AvgIpc) is 2.40. The number of carbonyl (C=O) groups is 1. The molecule has 116 valence electrons. The van der Waals surface area contributed by atoms with E-state index in [2.05, 4.69) is 25.8 Å². The summed E-state index contributed by atoms with van der Waals surface area (Å²) in [6, 6.07) is 2.94. The molecule has 0 radical (unpaired) electrons. The van der Waals surface area contributed by atoms with E-state index in [-0.39, 0.29) is 17.7 Å². The number of carboxylic acids is 1. The van der Waals surface area contributed by atoms with E-state index in [0.717, 1.165) is 12.8 Å². The molecule has 0 aromatic carbocycles. The van der Waals surface area contributed by atoms with E-state index in [1.165, 1.54) is 12.5 Å². The molecule has 1 aromatic rings. The number of anilines is 1. The number of aromatic nitrogens is 1. The van der Waals surface area contributed by atoms with Gasteiger partial charge in [-0.05, 0) is 42.7 Å². The van der Waals surface area contributed by atoms with E-state index in [9.17, 15) is 4.79 Å². The molecule has 3 N–H and O–H groups in total. The summed E-state index contributed by atoms with van der Waals surface area (Å²) < 4.78 is 6.02. The van der Waals surface area contributed by atoms with Gasteiger partial charge < -0.3 is 15.6 Å². The lowest BCUT2D eigenvalue weighted by Gasteiger charge is -2.37. The third kappa shape index (κ3) is 3.65. The van der Waals surface area contributed by atoms with Crippen molar-refractivity contribution in [1.82, 2.24) is 4.98 Å². The molecule has 1 saturated carbocycles. The van der Waals surface area contributed by atoms with Crippen molar-refractivity contribution in [3.05, 3.63) is 17.8 Å². The molecule has 5 nitrogen and oxygen atoms in total. The van der Waals surface area contributed by atoms with Gasteiger partial charge in [0.05, 0.1) is 5.69 Å². The summed E-state index contributed by atoms with van der Waals surface area (Å²) in [5.74, 6) is 0.757. The Morgan fingerprint density at radius 1 is 1.43 bits per heavy atom. The molecule has 3 atom stereocenters. The van der Waals surface area contributed by atoms with E-state index in [1.807, 2.05) is 0 Å². The van der Waals surface area contributed by atoms with Gasteiger partial charge in [0.1, 0.15) is 6.10 Å². The number of ether oxygens (including phenoxy) is 1. The molecule has 0 aliphatic heterocycles. The summed E-state index contributed by atoms with van der Waals surface area (Å²) in [6.07, 6.45) is 3.34. The first kappa shape index (κ1) is 15.6. The summed E-state index contributed by atoms with van der Waals surface area (Å²) in [5, 5.41) is 9.03. The van der Waals surface area contributed by atoms with Crippen LogP contribution in [-0.2, 0) is 0 Å². The monoisotopic (exact) mass is 292 g/mol. The molecule has 2 rings (SSSR count). The molecule has 1 fully saturated rings. The van der Waals surface area contributed by atoms with Crippen LogP contribution in [-0.4, -0.2) is 22.2 Å². The third-order valence-electron chi connectivity index (χ3n) is 4.33. The standard InChI is InChI=1S/C16H24N2O3/c1-9(2)11-5-4-10(3)8-14(11)21-15-12(17)6-7-13(18-15)16(19)20/h6-7,9-11,14H,4-5,8,17H2,1-3H3,(H,19,20). The molecular formula is C16H24N2O3. The normalized spacial score (nSPS) is 25.8. The number of carboxylic acid groups (broad SMARTS) is 1. The van der Waals surface area contributed by atoms with Crippen LogP contribution in [0.1, 0.15) is 50.5 Å². The van der Waals surface area contributed by atoms with Gasteiger partial charge in [0.25, 0.3) is 0 Å². The van der Waals surface area contributed by atoms with Crippen LogP contribution in [0, 0.1) is 17.8 Å². The van der Waals surface area contributed by atoms with Crippen molar-refractivity contribution in [1.29, 1.82) is 0 Å². The first-order valence-corrected chi connectivity index (χ1v) is 7.55. The van der Waals surface area contributed by atoms with Crippen LogP contribution in [0.4, 0.5) is 5.69 Å². The molecule has 1 aliphatic carbocycles. The molecule has 1 aliphatic rings. The molecule has 1 aromatic heterocycles. The Morgan fingerprint density at radius 3 is 2.76 bits per heavy atom. The molecule has 0 saturated heterocycles. The average molecular weight is 292 g/mol. The largest absolute Gasteiger partial charge is 0.477 e. The maximum absolute atomic E-state index is 11.0. The molecule has 0 amide bonds. The van der Waals surface area contributed by atoms with E-state index < -0.39 is 5.97 Å². The molecule has 21 heavy (non-hydrogen) atoms. The van der Waals surface area contributed by atoms with Gasteiger partial charge in [0.2, 0.25) is 5.88 Å². The minimum atomic E-state index is -1.07. The van der Waals surface area contributed by atoms with E-state index in [4.69, 9.17) is 15.6 Å². The zero-order valence-electron chi connectivity index (χ0n) is 12.9. The van der Waals surface area contributed by atoms with Gasteiger partial charge in [-0.15, -0.1) is 0 Å². The molecule has 3 unspecified atom stereocenters. The van der Waals surface area contributed by atoms with Crippen molar-refractivity contribution < 1.29 is 14.6 Å². The number of pyridine rings is 1. The van der Waals surface area contributed by atoms with Crippen LogP contribution >= 0.6 is 0 Å². The first-order valence-electron chi connectivity index (χ1n) is 7.55. The lowest BCUT2D eigenvalue weighted by Crippen LogP contribution is -2.36. The Hall–Kier alpha value is -1.78. The van der Waals surface area contributed by atoms with Gasteiger partial charge >= 0.3 is 5.97 Å². The van der Waals surface area contributed by atoms with Crippen molar-refractivity contribution in [3.8, 4) is 5.88 Å². The van der Waals surface area contributed by atoms with E-state index >= 15 is 0 Å². The fraction of sp³-hybridized carbons (Fsp3) is 0.625. The maximum atomic E-state index is 11.0. The second kappa shape index (κ2) is 6.33.